The Morgan fingerprint density at radius 1 is 1.17 bits per heavy atom. The molecule has 1 amide bonds. The molecular weight excluding hydrogens is 380 g/mol. The number of ketones is 1. The van der Waals surface area contributed by atoms with E-state index < -0.39 is 0 Å². The lowest BCUT2D eigenvalue weighted by Crippen LogP contribution is -2.47. The third kappa shape index (κ3) is 5.11. The Balaban J connectivity index is 1.27. The lowest BCUT2D eigenvalue weighted by molar-refractivity contribution is -0.885. The first-order valence-corrected chi connectivity index (χ1v) is 11.9. The van der Waals surface area contributed by atoms with E-state index in [1.165, 1.54) is 0 Å². The molecule has 1 unspecified atom stereocenters. The molecule has 0 aromatic carbocycles. The number of ether oxygens (including phenoxy) is 1. The van der Waals surface area contributed by atoms with Crippen LogP contribution in [0.2, 0.25) is 0 Å². The molecule has 3 aliphatic heterocycles. The average Bonchev–Trinajstić information content (AvgIpc) is 3.18. The lowest BCUT2D eigenvalue weighted by atomic mass is 9.86. The Labute approximate surface area is 180 Å². The Morgan fingerprint density at radius 3 is 2.53 bits per heavy atom. The van der Waals surface area contributed by atoms with Crippen LogP contribution in [0.3, 0.4) is 0 Å². The van der Waals surface area contributed by atoms with Gasteiger partial charge in [0.15, 0.2) is 0 Å². The molecule has 3 fully saturated rings. The molecule has 4 rings (SSSR count). The minimum Gasteiger partial charge on any atom is -0.381 e. The van der Waals surface area contributed by atoms with Crippen molar-refractivity contribution in [1.82, 2.24) is 10.2 Å². The van der Waals surface area contributed by atoms with Crippen LogP contribution >= 0.6 is 0 Å². The van der Waals surface area contributed by atoms with Crippen LogP contribution in [-0.4, -0.2) is 72.8 Å². The van der Waals surface area contributed by atoms with Crippen LogP contribution in [0.25, 0.3) is 0 Å². The van der Waals surface area contributed by atoms with E-state index in [0.717, 1.165) is 83.6 Å². The first-order chi connectivity index (χ1) is 14.6. The van der Waals surface area contributed by atoms with Crippen molar-refractivity contribution >= 4 is 17.9 Å². The third-order valence-corrected chi connectivity index (χ3v) is 7.34. The summed E-state index contributed by atoms with van der Waals surface area (Å²) in [5, 5.41) is 8.52. The minimum absolute atomic E-state index is 0.0678. The number of quaternary nitrogens is 1. The van der Waals surface area contributed by atoms with Gasteiger partial charge in [0, 0.05) is 57.0 Å². The van der Waals surface area contributed by atoms with Crippen molar-refractivity contribution in [3.05, 3.63) is 11.9 Å². The smallest absolute Gasteiger partial charge is 0.225 e. The summed E-state index contributed by atoms with van der Waals surface area (Å²) in [5.74, 6) is 1.24. The molecule has 3 heterocycles. The van der Waals surface area contributed by atoms with Crippen molar-refractivity contribution < 1.29 is 18.9 Å². The highest BCUT2D eigenvalue weighted by Gasteiger charge is 2.36. The van der Waals surface area contributed by atoms with Gasteiger partial charge in [-0.3, -0.25) is 9.59 Å². The second kappa shape index (κ2) is 9.60. The van der Waals surface area contributed by atoms with E-state index in [0.29, 0.717) is 35.2 Å². The maximum atomic E-state index is 12.8. The van der Waals surface area contributed by atoms with Gasteiger partial charge < -0.3 is 15.0 Å². The van der Waals surface area contributed by atoms with Gasteiger partial charge >= 0.3 is 0 Å². The number of piperidine rings is 1. The summed E-state index contributed by atoms with van der Waals surface area (Å²) in [6.45, 7) is 7.52. The van der Waals surface area contributed by atoms with Crippen molar-refractivity contribution in [2.45, 2.75) is 64.3 Å². The molecule has 0 aromatic rings. The van der Waals surface area contributed by atoms with Crippen LogP contribution < -0.4 is 5.32 Å². The number of carbonyl (C=O) groups excluding carboxylic acids is 2. The van der Waals surface area contributed by atoms with E-state index in [4.69, 9.17) is 9.84 Å². The van der Waals surface area contributed by atoms with Gasteiger partial charge in [-0.1, -0.05) is 5.10 Å². The monoisotopic (exact) mass is 417 g/mol. The van der Waals surface area contributed by atoms with E-state index in [-0.39, 0.29) is 11.8 Å². The summed E-state index contributed by atoms with van der Waals surface area (Å²) in [7, 11) is 0. The normalized spacial score (nSPS) is 29.3. The average molecular weight is 418 g/mol. The Hall–Kier alpha value is -1.73. The number of nitrogens with zero attached hydrogens (tertiary/aromatic N) is 3. The highest BCUT2D eigenvalue weighted by atomic mass is 16.5. The van der Waals surface area contributed by atoms with E-state index in [9.17, 15) is 9.59 Å². The van der Waals surface area contributed by atoms with Crippen molar-refractivity contribution in [2.24, 2.45) is 16.9 Å². The SMILES string of the molecule is CC[N+]1(CC2CCN(C(=O)C3CCC(=O)CC3)CC2)C=C(NC2CCOCC2)C=N1. The first-order valence-electron chi connectivity index (χ1n) is 11.9. The second-order valence-corrected chi connectivity index (χ2v) is 9.43. The van der Waals surface area contributed by atoms with Crippen LogP contribution in [0.1, 0.15) is 58.3 Å². The summed E-state index contributed by atoms with van der Waals surface area (Å²) in [4.78, 5) is 26.3. The first kappa shape index (κ1) is 21.5. The van der Waals surface area contributed by atoms with E-state index in [1.807, 2.05) is 6.21 Å². The fraction of sp³-hybridized carbons (Fsp3) is 0.783. The Bertz CT molecular complexity index is 683. The van der Waals surface area contributed by atoms with Gasteiger partial charge in [-0.25, -0.2) is 0 Å². The Morgan fingerprint density at radius 2 is 1.87 bits per heavy atom. The van der Waals surface area contributed by atoms with E-state index in [1.54, 1.807) is 0 Å². The highest BCUT2D eigenvalue weighted by Crippen LogP contribution is 2.29. The third-order valence-electron chi connectivity index (χ3n) is 7.34. The summed E-state index contributed by atoms with van der Waals surface area (Å²) in [6.07, 6.45) is 11.1. The number of allylic oxidation sites excluding steroid dienone is 1. The van der Waals surface area contributed by atoms with Gasteiger partial charge in [-0.05, 0) is 45.4 Å². The van der Waals surface area contributed by atoms with Crippen molar-refractivity contribution in [3.63, 3.8) is 0 Å². The molecule has 0 aromatic heterocycles. The fourth-order valence-corrected chi connectivity index (χ4v) is 5.28. The molecule has 1 atom stereocenters. The predicted molar refractivity (Wildman–Crippen MR) is 115 cm³/mol. The summed E-state index contributed by atoms with van der Waals surface area (Å²) in [6, 6.07) is 0.484. The molecule has 1 N–H and O–H groups in total. The maximum Gasteiger partial charge on any atom is 0.225 e. The topological polar surface area (TPSA) is 71.0 Å². The van der Waals surface area contributed by atoms with Crippen LogP contribution in [0, 0.1) is 11.8 Å². The molecule has 0 radical (unpaired) electrons. The standard InChI is InChI=1S/C23H37N4O3/c1-2-27(17-21(15-24-27)25-20-9-13-30-14-10-20)16-18-7-11-26(12-8-18)23(29)19-3-5-22(28)6-4-19/h15,17-20,25H,2-14,16H2,1H3/q+1. The zero-order valence-electron chi connectivity index (χ0n) is 18.4. The molecule has 2 saturated heterocycles. The lowest BCUT2D eigenvalue weighted by Gasteiger charge is -2.37. The van der Waals surface area contributed by atoms with Crippen molar-refractivity contribution in [2.75, 3.05) is 39.4 Å². The van der Waals surface area contributed by atoms with Crippen LogP contribution in [0.15, 0.2) is 17.0 Å². The number of Topliss-reactive ketones (excluding diaryl/α,β-unsaturated/α-hetero) is 1. The van der Waals surface area contributed by atoms with Gasteiger partial charge in [0.1, 0.15) is 37.0 Å². The minimum atomic E-state index is 0.0678. The number of carbonyl (C=O) groups is 2. The van der Waals surface area contributed by atoms with Crippen LogP contribution in [0.4, 0.5) is 0 Å². The van der Waals surface area contributed by atoms with Gasteiger partial charge in [0.05, 0.1) is 0 Å². The summed E-state index contributed by atoms with van der Waals surface area (Å²) >= 11 is 0. The van der Waals surface area contributed by atoms with Crippen molar-refractivity contribution in [1.29, 1.82) is 0 Å². The van der Waals surface area contributed by atoms with Crippen molar-refractivity contribution in [3.8, 4) is 0 Å². The van der Waals surface area contributed by atoms with Gasteiger partial charge in [-0.15, -0.1) is 0 Å². The molecule has 7 nitrogen and oxygen atoms in total. The van der Waals surface area contributed by atoms with E-state index in [2.05, 4.69) is 23.3 Å². The number of likely N-dealkylation sites (tertiary alicyclic amines) is 1. The molecule has 1 aliphatic carbocycles. The van der Waals surface area contributed by atoms with Gasteiger partial charge in [0.2, 0.25) is 5.91 Å². The largest absolute Gasteiger partial charge is 0.381 e. The number of rotatable bonds is 6. The molecule has 7 heteroatoms. The zero-order valence-corrected chi connectivity index (χ0v) is 18.4. The zero-order chi connectivity index (χ0) is 21.0. The molecule has 4 aliphatic rings. The number of amides is 1. The van der Waals surface area contributed by atoms with Crippen LogP contribution in [0.5, 0.6) is 0 Å². The van der Waals surface area contributed by atoms with Gasteiger partial charge in [-0.2, -0.15) is 4.59 Å². The van der Waals surface area contributed by atoms with Gasteiger partial charge in [0.25, 0.3) is 0 Å². The molecular formula is C23H37N4O3+. The van der Waals surface area contributed by atoms with E-state index >= 15 is 0 Å². The highest BCUT2D eigenvalue weighted by molar-refractivity contribution is 5.84. The molecule has 166 valence electrons. The fourth-order valence-electron chi connectivity index (χ4n) is 5.28. The Kier molecular flexibility index (Phi) is 6.88. The number of hydrogen-bond donors (Lipinski definition) is 1. The summed E-state index contributed by atoms with van der Waals surface area (Å²) < 4.78 is 6.12. The molecule has 0 bridgehead atoms. The molecule has 0 spiro atoms. The predicted octanol–water partition coefficient (Wildman–Crippen LogP) is 2.43. The second-order valence-electron chi connectivity index (χ2n) is 9.43. The molecule has 30 heavy (non-hydrogen) atoms. The quantitative estimate of drug-likeness (QED) is 0.674. The molecule has 1 saturated carbocycles. The number of nitrogens with one attached hydrogen (secondary N) is 1. The maximum absolute atomic E-state index is 12.8. The van der Waals surface area contributed by atoms with Crippen LogP contribution in [-0.2, 0) is 14.3 Å². The summed E-state index contributed by atoms with van der Waals surface area (Å²) in [5.41, 5.74) is 1.14. The number of hydrogen-bond acceptors (Lipinski definition) is 5.